The van der Waals surface area contributed by atoms with Crippen LogP contribution in [-0.2, 0) is 11.2 Å². The average molecular weight is 445 g/mol. The molecule has 0 unspecified atom stereocenters. The molecule has 7 nitrogen and oxygen atoms in total. The molecule has 9 heteroatoms. The van der Waals surface area contributed by atoms with Gasteiger partial charge in [-0.05, 0) is 41.9 Å². The second-order valence-corrected chi connectivity index (χ2v) is 9.78. The van der Waals surface area contributed by atoms with Gasteiger partial charge >= 0.3 is 0 Å². The number of thioether (sulfide) groups is 1. The Labute approximate surface area is 182 Å². The number of nitrogens with zero attached hydrogens (tertiary/aromatic N) is 1. The molecule has 0 radical (unpaired) electrons. The topological polar surface area (TPSA) is 104 Å². The molecule has 30 heavy (non-hydrogen) atoms. The molecule has 3 N–H and O–H groups in total. The highest BCUT2D eigenvalue weighted by Crippen LogP contribution is 2.27. The van der Waals surface area contributed by atoms with E-state index in [1.807, 2.05) is 18.4 Å². The van der Waals surface area contributed by atoms with E-state index in [-0.39, 0.29) is 11.0 Å². The van der Waals surface area contributed by atoms with Crippen molar-refractivity contribution in [3.8, 4) is 0 Å². The van der Waals surface area contributed by atoms with Crippen LogP contribution in [0.25, 0.3) is 10.2 Å². The summed E-state index contributed by atoms with van der Waals surface area (Å²) in [4.78, 5) is 45.4. The number of aryl methyl sites for hydroxylation is 1. The van der Waals surface area contributed by atoms with Crippen molar-refractivity contribution in [2.24, 2.45) is 0 Å². The van der Waals surface area contributed by atoms with E-state index in [2.05, 4.69) is 41.6 Å². The molecule has 2 amide bonds. The largest absolute Gasteiger partial charge is 0.309 e. The van der Waals surface area contributed by atoms with Crippen molar-refractivity contribution in [2.45, 2.75) is 38.9 Å². The third kappa shape index (κ3) is 4.57. The van der Waals surface area contributed by atoms with Gasteiger partial charge in [-0.3, -0.25) is 25.2 Å². The summed E-state index contributed by atoms with van der Waals surface area (Å²) in [5.41, 5.74) is 6.68. The smallest absolute Gasteiger partial charge is 0.280 e. The van der Waals surface area contributed by atoms with Gasteiger partial charge in [-0.1, -0.05) is 32.9 Å². The molecule has 1 aromatic carbocycles. The molecule has 0 aliphatic carbocycles. The fourth-order valence-corrected chi connectivity index (χ4v) is 4.48. The second kappa shape index (κ2) is 8.61. The lowest BCUT2D eigenvalue weighted by Crippen LogP contribution is -2.41. The zero-order chi connectivity index (χ0) is 22.1. The Bertz CT molecular complexity index is 1160. The molecular weight excluding hydrogens is 420 g/mol. The zero-order valence-corrected chi connectivity index (χ0v) is 19.1. The number of hydrogen-bond acceptors (Lipinski definition) is 6. The van der Waals surface area contributed by atoms with E-state index in [1.165, 1.54) is 0 Å². The lowest BCUT2D eigenvalue weighted by molar-refractivity contribution is 0.0848. The monoisotopic (exact) mass is 444 g/mol. The van der Waals surface area contributed by atoms with Crippen molar-refractivity contribution in [2.75, 3.05) is 6.26 Å². The van der Waals surface area contributed by atoms with E-state index in [1.54, 1.807) is 30.8 Å². The van der Waals surface area contributed by atoms with Crippen LogP contribution in [0.2, 0.25) is 0 Å². The Morgan fingerprint density at radius 3 is 2.37 bits per heavy atom. The second-order valence-electron chi connectivity index (χ2n) is 7.92. The fourth-order valence-electron chi connectivity index (χ4n) is 2.97. The first kappa shape index (κ1) is 22.0. The molecule has 0 fully saturated rings. The quantitative estimate of drug-likeness (QED) is 0.534. The van der Waals surface area contributed by atoms with Gasteiger partial charge < -0.3 is 4.98 Å². The number of hydrogen-bond donors (Lipinski definition) is 3. The molecule has 0 aliphatic rings. The van der Waals surface area contributed by atoms with Gasteiger partial charge in [0.05, 0.1) is 16.0 Å². The van der Waals surface area contributed by atoms with E-state index < -0.39 is 11.8 Å². The van der Waals surface area contributed by atoms with Crippen LogP contribution >= 0.6 is 23.1 Å². The normalized spacial score (nSPS) is 11.5. The van der Waals surface area contributed by atoms with E-state index in [9.17, 15) is 14.4 Å². The van der Waals surface area contributed by atoms with Crippen LogP contribution in [0.5, 0.6) is 0 Å². The van der Waals surface area contributed by atoms with E-state index >= 15 is 0 Å². The number of aromatic amines is 1. The standard InChI is InChI=1S/C21H24N4O3S2/c1-11-15-18(27)22-14(10-29-5)23-20(15)30-16(11)19(28)25-24-17(26)12-6-8-13(9-7-12)21(2,3)4/h6-9H,10H2,1-5H3,(H,24,26)(H,25,28)(H,22,23,27). The minimum absolute atomic E-state index is 0.0104. The fraction of sp³-hybridized carbons (Fsp3) is 0.333. The Morgan fingerprint density at radius 1 is 1.13 bits per heavy atom. The first-order valence-electron chi connectivity index (χ1n) is 9.34. The minimum Gasteiger partial charge on any atom is -0.309 e. The van der Waals surface area contributed by atoms with Gasteiger partial charge in [0.2, 0.25) is 0 Å². The summed E-state index contributed by atoms with van der Waals surface area (Å²) in [6, 6.07) is 7.25. The lowest BCUT2D eigenvalue weighted by Gasteiger charge is -2.19. The summed E-state index contributed by atoms with van der Waals surface area (Å²) in [5, 5.41) is 0.402. The maximum atomic E-state index is 12.6. The predicted molar refractivity (Wildman–Crippen MR) is 122 cm³/mol. The Balaban J connectivity index is 1.75. The van der Waals surface area contributed by atoms with Crippen LogP contribution in [0.3, 0.4) is 0 Å². The van der Waals surface area contributed by atoms with E-state index in [0.29, 0.717) is 37.8 Å². The van der Waals surface area contributed by atoms with Crippen LogP contribution in [0.4, 0.5) is 0 Å². The number of aromatic nitrogens is 2. The van der Waals surface area contributed by atoms with Crippen molar-refractivity contribution in [3.05, 3.63) is 62.0 Å². The number of nitrogens with one attached hydrogen (secondary N) is 3. The molecule has 0 saturated carbocycles. The van der Waals surface area contributed by atoms with Crippen LogP contribution in [-0.4, -0.2) is 28.0 Å². The first-order chi connectivity index (χ1) is 14.1. The number of fused-ring (bicyclic) bond motifs is 1. The highest BCUT2D eigenvalue weighted by atomic mass is 32.2. The number of benzene rings is 1. The lowest BCUT2D eigenvalue weighted by atomic mass is 9.87. The van der Waals surface area contributed by atoms with Gasteiger partial charge in [0.15, 0.2) is 0 Å². The molecule has 0 atom stereocenters. The van der Waals surface area contributed by atoms with Crippen molar-refractivity contribution in [1.29, 1.82) is 0 Å². The van der Waals surface area contributed by atoms with Crippen LogP contribution < -0.4 is 16.4 Å². The minimum atomic E-state index is -0.485. The average Bonchev–Trinajstić information content (AvgIpc) is 3.02. The molecule has 3 rings (SSSR count). The summed E-state index contributed by atoms with van der Waals surface area (Å²) in [5.74, 6) is 0.246. The summed E-state index contributed by atoms with van der Waals surface area (Å²) in [7, 11) is 0. The molecule has 0 bridgehead atoms. The number of hydrazine groups is 1. The number of rotatable bonds is 4. The van der Waals surface area contributed by atoms with Crippen molar-refractivity contribution >= 4 is 45.1 Å². The molecule has 2 heterocycles. The van der Waals surface area contributed by atoms with Crippen molar-refractivity contribution in [1.82, 2.24) is 20.8 Å². The van der Waals surface area contributed by atoms with Gasteiger partial charge in [0.25, 0.3) is 17.4 Å². The number of H-pyrrole nitrogens is 1. The van der Waals surface area contributed by atoms with E-state index in [4.69, 9.17) is 0 Å². The van der Waals surface area contributed by atoms with Gasteiger partial charge in [-0.25, -0.2) is 4.98 Å². The highest BCUT2D eigenvalue weighted by Gasteiger charge is 2.20. The third-order valence-corrected chi connectivity index (χ3v) is 6.39. The summed E-state index contributed by atoms with van der Waals surface area (Å²) < 4.78 is 0. The molecule has 0 saturated heterocycles. The highest BCUT2D eigenvalue weighted by molar-refractivity contribution is 7.97. The third-order valence-electron chi connectivity index (χ3n) is 4.64. The maximum Gasteiger partial charge on any atom is 0.280 e. The Hall–Kier alpha value is -2.65. The Morgan fingerprint density at radius 2 is 1.77 bits per heavy atom. The number of amides is 2. The van der Waals surface area contributed by atoms with Crippen LogP contribution in [0.15, 0.2) is 29.1 Å². The van der Waals surface area contributed by atoms with Crippen LogP contribution in [0.1, 0.15) is 57.8 Å². The molecule has 0 aliphatic heterocycles. The van der Waals surface area contributed by atoms with Crippen molar-refractivity contribution in [3.63, 3.8) is 0 Å². The molecule has 158 valence electrons. The number of carbonyl (C=O) groups excluding carboxylic acids is 2. The summed E-state index contributed by atoms with van der Waals surface area (Å²) in [6.45, 7) is 7.99. The first-order valence-corrected chi connectivity index (χ1v) is 11.6. The van der Waals surface area contributed by atoms with Gasteiger partial charge in [0.1, 0.15) is 10.7 Å². The van der Waals surface area contributed by atoms with Crippen molar-refractivity contribution < 1.29 is 9.59 Å². The molecule has 3 aromatic rings. The summed E-state index contributed by atoms with van der Waals surface area (Å²) >= 11 is 2.68. The molecule has 0 spiro atoms. The molecule has 2 aromatic heterocycles. The summed E-state index contributed by atoms with van der Waals surface area (Å²) in [6.07, 6.45) is 1.92. The van der Waals surface area contributed by atoms with Crippen LogP contribution in [0, 0.1) is 6.92 Å². The maximum absolute atomic E-state index is 12.6. The predicted octanol–water partition coefficient (Wildman–Crippen LogP) is 3.53. The SMILES string of the molecule is CSCc1nc2sc(C(=O)NNC(=O)c3ccc(C(C)(C)C)cc3)c(C)c2c(=O)[nH]1. The molecular formula is C21H24N4O3S2. The van der Waals surface area contributed by atoms with E-state index in [0.717, 1.165) is 16.9 Å². The number of thiophene rings is 1. The number of carbonyl (C=O) groups is 2. The van der Waals surface area contributed by atoms with Gasteiger partial charge in [-0.15, -0.1) is 11.3 Å². The Kier molecular flexibility index (Phi) is 6.33. The van der Waals surface area contributed by atoms with Gasteiger partial charge in [0, 0.05) is 5.56 Å². The zero-order valence-electron chi connectivity index (χ0n) is 17.5. The van der Waals surface area contributed by atoms with Gasteiger partial charge in [-0.2, -0.15) is 11.8 Å².